The highest BCUT2D eigenvalue weighted by atomic mass is 19.1. The molecular formula is C14H13FN4O3. The number of nitrogen functional groups attached to an aromatic ring is 1. The van der Waals surface area contributed by atoms with Gasteiger partial charge in [0, 0.05) is 12.0 Å². The summed E-state index contributed by atoms with van der Waals surface area (Å²) < 4.78 is 18.1. The molecule has 0 radical (unpaired) electrons. The normalized spacial score (nSPS) is 13.5. The van der Waals surface area contributed by atoms with E-state index in [-0.39, 0.29) is 11.3 Å². The van der Waals surface area contributed by atoms with Crippen LogP contribution < -0.4 is 16.6 Å². The number of alkyl halides is 1. The van der Waals surface area contributed by atoms with E-state index < -0.39 is 29.7 Å². The Morgan fingerprint density at radius 3 is 2.41 bits per heavy atom. The van der Waals surface area contributed by atoms with Crippen LogP contribution in [0.2, 0.25) is 0 Å². The summed E-state index contributed by atoms with van der Waals surface area (Å²) >= 11 is 0. The van der Waals surface area contributed by atoms with Gasteiger partial charge in [0.25, 0.3) is 0 Å². The minimum atomic E-state index is -0.989. The summed E-state index contributed by atoms with van der Waals surface area (Å²) in [5, 5.41) is 3.36. The molecule has 2 atom stereocenters. The van der Waals surface area contributed by atoms with E-state index >= 15 is 0 Å². The number of nitrogens with zero attached hydrogens (tertiary/aromatic N) is 3. The molecule has 7 nitrogen and oxygen atoms in total. The van der Waals surface area contributed by atoms with E-state index in [2.05, 4.69) is 10.0 Å². The summed E-state index contributed by atoms with van der Waals surface area (Å²) in [7, 11) is 1.38. The van der Waals surface area contributed by atoms with Crippen molar-refractivity contribution in [2.24, 2.45) is 5.11 Å². The van der Waals surface area contributed by atoms with Gasteiger partial charge in [0.05, 0.1) is 23.4 Å². The maximum Gasteiger partial charge on any atom is 0.249 e. The molecule has 0 unspecified atom stereocenters. The summed E-state index contributed by atoms with van der Waals surface area (Å²) in [6, 6.07) is 5.39. The standard InChI is InChI=1S/C14H13FN4O3/c1-22-14(9(6-15)18-19-17)8-4-2-7(3-5-8)10-11(16)13(21)12(10)20/h2-5,9,14H,6,16H2,1H3/t9-,14-/m1/s1. The van der Waals surface area contributed by atoms with Crippen molar-refractivity contribution < 1.29 is 9.13 Å². The number of hydrogen-bond donors (Lipinski definition) is 1. The lowest BCUT2D eigenvalue weighted by atomic mass is 9.96. The Hall–Kier alpha value is -2.70. The first-order valence-corrected chi connectivity index (χ1v) is 6.37. The van der Waals surface area contributed by atoms with E-state index in [0.717, 1.165) is 0 Å². The summed E-state index contributed by atoms with van der Waals surface area (Å²) in [6.45, 7) is -0.866. The zero-order valence-corrected chi connectivity index (χ0v) is 11.7. The van der Waals surface area contributed by atoms with E-state index in [1.165, 1.54) is 7.11 Å². The Morgan fingerprint density at radius 2 is 1.95 bits per heavy atom. The predicted octanol–water partition coefficient (Wildman–Crippen LogP) is 1.87. The number of azide groups is 1. The first-order chi connectivity index (χ1) is 10.5. The Morgan fingerprint density at radius 1 is 1.32 bits per heavy atom. The Balaban J connectivity index is 2.34. The molecule has 0 aliphatic carbocycles. The van der Waals surface area contributed by atoms with Gasteiger partial charge >= 0.3 is 0 Å². The zero-order chi connectivity index (χ0) is 16.3. The van der Waals surface area contributed by atoms with Crippen LogP contribution in [0.4, 0.5) is 10.1 Å². The molecule has 2 aromatic rings. The van der Waals surface area contributed by atoms with Gasteiger partial charge in [0.1, 0.15) is 6.67 Å². The van der Waals surface area contributed by atoms with Gasteiger partial charge in [-0.05, 0) is 16.7 Å². The Bertz CT molecular complexity index is 789. The number of benzene rings is 1. The SMILES string of the molecule is CO[C@H](c1ccc(-c2c(N)c(=O)c2=O)cc1)[C@@H](CF)N=[N+]=[N-]. The fraction of sp³-hybridized carbons (Fsp3) is 0.286. The first kappa shape index (κ1) is 15.7. The molecule has 0 fully saturated rings. The van der Waals surface area contributed by atoms with Gasteiger partial charge in [-0.15, -0.1) is 0 Å². The molecule has 2 N–H and O–H groups in total. The highest BCUT2D eigenvalue weighted by molar-refractivity contribution is 5.80. The lowest BCUT2D eigenvalue weighted by molar-refractivity contribution is 0.0722. The first-order valence-electron chi connectivity index (χ1n) is 6.37. The molecule has 114 valence electrons. The number of nitrogens with two attached hydrogens (primary N) is 1. The number of rotatable bonds is 6. The number of ether oxygens (including phenoxy) is 1. The highest BCUT2D eigenvalue weighted by Crippen LogP contribution is 2.27. The minimum Gasteiger partial charge on any atom is -0.395 e. The van der Waals surface area contributed by atoms with Crippen LogP contribution in [0.1, 0.15) is 11.7 Å². The Kier molecular flexibility index (Phi) is 4.55. The van der Waals surface area contributed by atoms with Gasteiger partial charge in [0.15, 0.2) is 0 Å². The minimum absolute atomic E-state index is 0.0586. The molecule has 0 saturated heterocycles. The molecule has 22 heavy (non-hydrogen) atoms. The highest BCUT2D eigenvalue weighted by Gasteiger charge is 2.23. The van der Waals surface area contributed by atoms with Crippen molar-refractivity contribution in [3.63, 3.8) is 0 Å². The van der Waals surface area contributed by atoms with Gasteiger partial charge in [-0.1, -0.05) is 29.4 Å². The van der Waals surface area contributed by atoms with E-state index in [1.54, 1.807) is 24.3 Å². The summed E-state index contributed by atoms with van der Waals surface area (Å²) in [5.41, 5.74) is 13.8. The maximum absolute atomic E-state index is 12.9. The molecule has 0 aliphatic rings. The van der Waals surface area contributed by atoms with Gasteiger partial charge < -0.3 is 10.5 Å². The molecule has 0 aliphatic heterocycles. The van der Waals surface area contributed by atoms with Crippen molar-refractivity contribution in [2.75, 3.05) is 19.5 Å². The van der Waals surface area contributed by atoms with Crippen molar-refractivity contribution in [3.05, 3.63) is 60.7 Å². The maximum atomic E-state index is 12.9. The van der Waals surface area contributed by atoms with E-state index in [4.69, 9.17) is 16.0 Å². The van der Waals surface area contributed by atoms with Gasteiger partial charge in [0.2, 0.25) is 10.9 Å². The largest absolute Gasteiger partial charge is 0.395 e. The number of anilines is 1. The third kappa shape index (κ3) is 2.57. The monoisotopic (exact) mass is 304 g/mol. The van der Waals surface area contributed by atoms with Crippen molar-refractivity contribution in [2.45, 2.75) is 12.1 Å². The molecule has 0 saturated carbocycles. The van der Waals surface area contributed by atoms with Crippen LogP contribution in [0.15, 0.2) is 39.0 Å². The van der Waals surface area contributed by atoms with E-state index in [1.807, 2.05) is 0 Å². The van der Waals surface area contributed by atoms with Crippen molar-refractivity contribution in [3.8, 4) is 11.1 Å². The average Bonchev–Trinajstić information content (AvgIpc) is 2.55. The fourth-order valence-corrected chi connectivity index (χ4v) is 2.29. The van der Waals surface area contributed by atoms with Gasteiger partial charge in [-0.25, -0.2) is 0 Å². The smallest absolute Gasteiger partial charge is 0.249 e. The molecule has 0 aromatic heterocycles. The van der Waals surface area contributed by atoms with Crippen LogP contribution in [0.5, 0.6) is 0 Å². The topological polar surface area (TPSA) is 118 Å². The lowest BCUT2D eigenvalue weighted by Crippen LogP contribution is -2.35. The van der Waals surface area contributed by atoms with E-state index in [9.17, 15) is 14.0 Å². The quantitative estimate of drug-likeness (QED) is 0.379. The number of halogens is 1. The second-order valence-electron chi connectivity index (χ2n) is 4.65. The molecule has 2 aromatic carbocycles. The molecule has 0 amide bonds. The van der Waals surface area contributed by atoms with E-state index in [0.29, 0.717) is 11.1 Å². The Labute approximate surface area is 124 Å². The van der Waals surface area contributed by atoms with Crippen LogP contribution in [0.3, 0.4) is 0 Å². The fourth-order valence-electron chi connectivity index (χ4n) is 2.29. The summed E-state index contributed by atoms with van der Waals surface area (Å²) in [5.74, 6) is 0. The third-order valence-electron chi connectivity index (χ3n) is 3.44. The van der Waals surface area contributed by atoms with Crippen LogP contribution in [-0.2, 0) is 4.74 Å². The van der Waals surface area contributed by atoms with Crippen LogP contribution in [0, 0.1) is 0 Å². The molecule has 8 heteroatoms. The molecule has 0 heterocycles. The molecule has 0 bridgehead atoms. The van der Waals surface area contributed by atoms with Crippen LogP contribution in [-0.4, -0.2) is 19.8 Å². The summed E-state index contributed by atoms with van der Waals surface area (Å²) in [6.07, 6.45) is -0.750. The van der Waals surface area contributed by atoms with Crippen molar-refractivity contribution in [1.82, 2.24) is 0 Å². The van der Waals surface area contributed by atoms with Gasteiger partial charge in [-0.2, -0.15) is 0 Å². The van der Waals surface area contributed by atoms with Gasteiger partial charge in [-0.3, -0.25) is 14.0 Å². The molecule has 0 spiro atoms. The second kappa shape index (κ2) is 6.38. The summed E-state index contributed by atoms with van der Waals surface area (Å²) in [4.78, 5) is 25.2. The third-order valence-corrected chi connectivity index (χ3v) is 3.44. The number of hydrogen-bond acceptors (Lipinski definition) is 5. The van der Waals surface area contributed by atoms with Crippen LogP contribution in [0.25, 0.3) is 21.6 Å². The molecule has 2 rings (SSSR count). The van der Waals surface area contributed by atoms with Crippen LogP contribution >= 0.6 is 0 Å². The zero-order valence-electron chi connectivity index (χ0n) is 11.7. The second-order valence-corrected chi connectivity index (χ2v) is 4.65. The van der Waals surface area contributed by atoms with Crippen molar-refractivity contribution in [1.29, 1.82) is 0 Å². The number of methoxy groups -OCH3 is 1. The lowest BCUT2D eigenvalue weighted by Gasteiger charge is -2.20. The predicted molar refractivity (Wildman–Crippen MR) is 79.9 cm³/mol. The average molecular weight is 304 g/mol. The molecular weight excluding hydrogens is 291 g/mol. The van der Waals surface area contributed by atoms with Crippen molar-refractivity contribution >= 4 is 5.69 Å².